The molecule has 0 bridgehead atoms. The van der Waals surface area contributed by atoms with E-state index >= 15 is 0 Å². The molecule has 1 aromatic rings. The fourth-order valence-electron chi connectivity index (χ4n) is 2.64. The van der Waals surface area contributed by atoms with Gasteiger partial charge in [-0.25, -0.2) is 9.18 Å². The summed E-state index contributed by atoms with van der Waals surface area (Å²) in [5.41, 5.74) is 6.52. The first-order chi connectivity index (χ1) is 9.38. The molecule has 0 aliphatic heterocycles. The van der Waals surface area contributed by atoms with Crippen molar-refractivity contribution < 1.29 is 13.9 Å². The minimum absolute atomic E-state index is 0.0701. The van der Waals surface area contributed by atoms with Crippen LogP contribution in [0.25, 0.3) is 0 Å². The predicted molar refractivity (Wildman–Crippen MR) is 76.9 cm³/mol. The second-order valence-corrected chi connectivity index (χ2v) is 5.97. The van der Waals surface area contributed by atoms with Crippen molar-refractivity contribution in [1.82, 2.24) is 0 Å². The first kappa shape index (κ1) is 14.8. The molecule has 3 nitrogen and oxygen atoms in total. The van der Waals surface area contributed by atoms with Gasteiger partial charge in [-0.15, -0.1) is 0 Å². The Hall–Kier alpha value is -1.58. The summed E-state index contributed by atoms with van der Waals surface area (Å²) in [4.78, 5) is 12.1. The molecule has 1 fully saturated rings. The lowest BCUT2D eigenvalue weighted by Crippen LogP contribution is -2.28. The fraction of sp³-hybridized carbons (Fsp3) is 0.562. The van der Waals surface area contributed by atoms with E-state index in [2.05, 4.69) is 13.8 Å². The van der Waals surface area contributed by atoms with Gasteiger partial charge in [0.1, 0.15) is 11.9 Å². The number of ether oxygens (including phenoxy) is 1. The van der Waals surface area contributed by atoms with Crippen molar-refractivity contribution in [1.29, 1.82) is 0 Å². The van der Waals surface area contributed by atoms with Crippen LogP contribution in [0.5, 0.6) is 0 Å². The van der Waals surface area contributed by atoms with Gasteiger partial charge in [0.15, 0.2) is 0 Å². The predicted octanol–water partition coefficient (Wildman–Crippen LogP) is 3.70. The van der Waals surface area contributed by atoms with Crippen LogP contribution in [0.1, 0.15) is 49.0 Å². The number of carbonyl (C=O) groups excluding carboxylic acids is 1. The molecular weight excluding hydrogens is 257 g/mol. The highest BCUT2D eigenvalue weighted by molar-refractivity contribution is 5.90. The first-order valence-electron chi connectivity index (χ1n) is 7.15. The normalized spacial score (nSPS) is 26.3. The summed E-state index contributed by atoms with van der Waals surface area (Å²) >= 11 is 0. The van der Waals surface area contributed by atoms with Crippen LogP contribution in [0.15, 0.2) is 12.1 Å². The molecule has 3 atom stereocenters. The van der Waals surface area contributed by atoms with Gasteiger partial charge in [0, 0.05) is 11.3 Å². The van der Waals surface area contributed by atoms with Gasteiger partial charge in [-0.05, 0) is 50.2 Å². The summed E-state index contributed by atoms with van der Waals surface area (Å²) in [6.07, 6.45) is 2.74. The highest BCUT2D eigenvalue weighted by Crippen LogP contribution is 2.31. The lowest BCUT2D eigenvalue weighted by Gasteiger charge is -2.31. The van der Waals surface area contributed by atoms with Crippen molar-refractivity contribution in [2.45, 2.75) is 46.1 Å². The maximum Gasteiger partial charge on any atom is 0.338 e. The van der Waals surface area contributed by atoms with Crippen molar-refractivity contribution in [2.24, 2.45) is 11.8 Å². The Morgan fingerprint density at radius 3 is 2.60 bits per heavy atom. The quantitative estimate of drug-likeness (QED) is 0.663. The molecular formula is C16H22FNO2. The van der Waals surface area contributed by atoms with E-state index in [0.717, 1.165) is 19.3 Å². The van der Waals surface area contributed by atoms with E-state index in [-0.39, 0.29) is 17.4 Å². The number of hydrogen-bond acceptors (Lipinski definition) is 3. The monoisotopic (exact) mass is 279 g/mol. The molecule has 0 amide bonds. The summed E-state index contributed by atoms with van der Waals surface area (Å²) in [7, 11) is 0. The Morgan fingerprint density at radius 2 is 2.00 bits per heavy atom. The second kappa shape index (κ2) is 5.81. The van der Waals surface area contributed by atoms with Crippen LogP contribution in [-0.4, -0.2) is 12.1 Å². The van der Waals surface area contributed by atoms with Gasteiger partial charge in [-0.3, -0.25) is 0 Å². The number of anilines is 1. The Labute approximate surface area is 119 Å². The molecule has 4 heteroatoms. The topological polar surface area (TPSA) is 52.3 Å². The Morgan fingerprint density at radius 1 is 1.30 bits per heavy atom. The van der Waals surface area contributed by atoms with E-state index in [9.17, 15) is 9.18 Å². The number of nitrogens with two attached hydrogens (primary N) is 1. The number of nitrogen functional groups attached to an aromatic ring is 1. The van der Waals surface area contributed by atoms with E-state index in [1.807, 2.05) is 0 Å². The molecule has 1 aliphatic rings. The van der Waals surface area contributed by atoms with Crippen molar-refractivity contribution >= 4 is 11.7 Å². The summed E-state index contributed by atoms with van der Waals surface area (Å²) < 4.78 is 19.1. The lowest BCUT2D eigenvalue weighted by molar-refractivity contribution is 0.00874. The molecule has 20 heavy (non-hydrogen) atoms. The highest BCUT2D eigenvalue weighted by Gasteiger charge is 2.27. The van der Waals surface area contributed by atoms with Crippen LogP contribution in [0.4, 0.5) is 10.1 Å². The number of hydrogen-bond donors (Lipinski definition) is 1. The zero-order chi connectivity index (χ0) is 14.9. The second-order valence-electron chi connectivity index (χ2n) is 5.97. The Bertz CT molecular complexity index is 492. The largest absolute Gasteiger partial charge is 0.459 e. The summed E-state index contributed by atoms with van der Waals surface area (Å²) in [6.45, 7) is 5.98. The summed E-state index contributed by atoms with van der Waals surface area (Å²) in [5.74, 6) is 0.253. The summed E-state index contributed by atoms with van der Waals surface area (Å²) in [5, 5.41) is 0. The van der Waals surface area contributed by atoms with Crippen LogP contribution >= 0.6 is 0 Å². The van der Waals surface area contributed by atoms with Crippen LogP contribution in [0.3, 0.4) is 0 Å². The van der Waals surface area contributed by atoms with Gasteiger partial charge in [0.25, 0.3) is 0 Å². The minimum Gasteiger partial charge on any atom is -0.459 e. The number of halogens is 1. The van der Waals surface area contributed by atoms with Crippen molar-refractivity contribution in [2.75, 3.05) is 5.73 Å². The van der Waals surface area contributed by atoms with Gasteiger partial charge in [-0.2, -0.15) is 0 Å². The van der Waals surface area contributed by atoms with E-state index < -0.39 is 11.8 Å². The third-order valence-electron chi connectivity index (χ3n) is 4.44. The maximum absolute atomic E-state index is 13.6. The molecule has 1 aliphatic carbocycles. The fourth-order valence-corrected chi connectivity index (χ4v) is 2.64. The van der Waals surface area contributed by atoms with Crippen molar-refractivity contribution in [3.05, 3.63) is 29.1 Å². The van der Waals surface area contributed by atoms with E-state index in [1.165, 1.54) is 12.1 Å². The van der Waals surface area contributed by atoms with Gasteiger partial charge < -0.3 is 10.5 Å². The van der Waals surface area contributed by atoms with Crippen LogP contribution < -0.4 is 5.73 Å². The molecule has 0 saturated heterocycles. The number of rotatable bonds is 2. The first-order valence-corrected chi connectivity index (χ1v) is 7.15. The Balaban J connectivity index is 2.05. The molecule has 0 heterocycles. The number of benzene rings is 1. The van der Waals surface area contributed by atoms with Crippen LogP contribution in [0.2, 0.25) is 0 Å². The molecule has 0 radical (unpaired) electrons. The molecule has 0 spiro atoms. The molecule has 2 N–H and O–H groups in total. The van der Waals surface area contributed by atoms with Crippen LogP contribution in [0, 0.1) is 24.6 Å². The minimum atomic E-state index is -0.484. The molecule has 3 unspecified atom stereocenters. The molecule has 1 saturated carbocycles. The average Bonchev–Trinajstić information content (AvgIpc) is 2.39. The molecule has 2 rings (SSSR count). The SMILES string of the molecule is Cc1c(N)cc(C(=O)OC2CCC(C)C(C)C2)cc1F. The third-order valence-corrected chi connectivity index (χ3v) is 4.44. The molecule has 0 aromatic heterocycles. The van der Waals surface area contributed by atoms with Crippen LogP contribution in [-0.2, 0) is 4.74 Å². The zero-order valence-corrected chi connectivity index (χ0v) is 12.3. The maximum atomic E-state index is 13.6. The lowest BCUT2D eigenvalue weighted by atomic mass is 9.80. The van der Waals surface area contributed by atoms with E-state index in [0.29, 0.717) is 17.4 Å². The number of carbonyl (C=O) groups is 1. The highest BCUT2D eigenvalue weighted by atomic mass is 19.1. The smallest absolute Gasteiger partial charge is 0.338 e. The van der Waals surface area contributed by atoms with Crippen molar-refractivity contribution in [3.8, 4) is 0 Å². The average molecular weight is 279 g/mol. The summed E-state index contributed by atoms with van der Waals surface area (Å²) in [6, 6.07) is 2.68. The van der Waals surface area contributed by atoms with E-state index in [1.54, 1.807) is 6.92 Å². The number of esters is 1. The molecule has 110 valence electrons. The van der Waals surface area contributed by atoms with E-state index in [4.69, 9.17) is 10.5 Å². The third kappa shape index (κ3) is 3.11. The van der Waals surface area contributed by atoms with Gasteiger partial charge in [0.05, 0.1) is 5.56 Å². The van der Waals surface area contributed by atoms with Gasteiger partial charge in [0.2, 0.25) is 0 Å². The standard InChI is InChI=1S/C16H22FNO2/c1-9-4-5-13(6-10(9)2)20-16(19)12-7-14(17)11(3)15(18)8-12/h7-10,13H,4-6,18H2,1-3H3. The van der Waals surface area contributed by atoms with Gasteiger partial charge in [-0.1, -0.05) is 13.8 Å². The molecule has 1 aromatic carbocycles. The Kier molecular flexibility index (Phi) is 4.31. The zero-order valence-electron chi connectivity index (χ0n) is 12.3. The van der Waals surface area contributed by atoms with Gasteiger partial charge >= 0.3 is 5.97 Å². The van der Waals surface area contributed by atoms with Crippen molar-refractivity contribution in [3.63, 3.8) is 0 Å².